The third kappa shape index (κ3) is 6.31. The van der Waals surface area contributed by atoms with E-state index in [4.69, 9.17) is 14.3 Å². The molecule has 0 aromatic carbocycles. The van der Waals surface area contributed by atoms with Crippen LogP contribution in [0.3, 0.4) is 0 Å². The number of pyridine rings is 2. The normalized spacial score (nSPS) is 15.1. The fourth-order valence-electron chi connectivity index (χ4n) is 3.46. The molecular weight excluding hydrogens is 443 g/mol. The van der Waals surface area contributed by atoms with Crippen molar-refractivity contribution in [1.29, 1.82) is 0 Å². The van der Waals surface area contributed by atoms with Crippen molar-refractivity contribution in [3.8, 4) is 0 Å². The second kappa shape index (κ2) is 10.2. The second-order valence-corrected chi connectivity index (χ2v) is 7.28. The Bertz CT molecular complexity index is 1160. The number of carbonyl (C=O) groups excluding carboxylic acids is 1. The van der Waals surface area contributed by atoms with Gasteiger partial charge in [0.1, 0.15) is 0 Å². The van der Waals surface area contributed by atoms with Crippen molar-refractivity contribution in [1.82, 2.24) is 14.9 Å². The number of fused-ring (bicyclic) bond motifs is 1. The van der Waals surface area contributed by atoms with Crippen LogP contribution in [0.15, 0.2) is 64.3 Å². The summed E-state index contributed by atoms with van der Waals surface area (Å²) in [4.78, 5) is 37.6. The van der Waals surface area contributed by atoms with Crippen molar-refractivity contribution in [2.24, 2.45) is 0 Å². The molecule has 11 heteroatoms. The van der Waals surface area contributed by atoms with Crippen molar-refractivity contribution in [2.45, 2.75) is 38.0 Å². The van der Waals surface area contributed by atoms with E-state index in [1.807, 2.05) is 22.8 Å². The molecule has 8 nitrogen and oxygen atoms in total. The molecule has 1 atom stereocenters. The SMILES string of the molecule is O=C(NC1CCc2c(ccc(=O)n2Cc2cccnc2)C1)c1ccco1.O=C(O)C(F)(F)F. The maximum atomic E-state index is 12.4. The van der Waals surface area contributed by atoms with Crippen LogP contribution in [0, 0.1) is 0 Å². The summed E-state index contributed by atoms with van der Waals surface area (Å²) in [6.45, 7) is 0.513. The highest BCUT2D eigenvalue weighted by atomic mass is 19.4. The lowest BCUT2D eigenvalue weighted by Crippen LogP contribution is -2.40. The summed E-state index contributed by atoms with van der Waals surface area (Å²) in [6, 6.07) is 10.7. The number of nitrogens with one attached hydrogen (secondary N) is 1. The number of hydrogen-bond acceptors (Lipinski definition) is 5. The zero-order chi connectivity index (χ0) is 24.0. The van der Waals surface area contributed by atoms with Gasteiger partial charge in [0.15, 0.2) is 5.76 Å². The molecule has 3 heterocycles. The number of aromatic nitrogens is 2. The highest BCUT2D eigenvalue weighted by Crippen LogP contribution is 2.21. The summed E-state index contributed by atoms with van der Waals surface area (Å²) in [5.74, 6) is -2.64. The first-order chi connectivity index (χ1) is 15.6. The van der Waals surface area contributed by atoms with E-state index in [0.29, 0.717) is 18.7 Å². The number of carboxylic acid groups (broad SMARTS) is 1. The molecule has 4 rings (SSSR count). The molecule has 0 radical (unpaired) electrons. The van der Waals surface area contributed by atoms with Gasteiger partial charge in [-0.25, -0.2) is 4.79 Å². The molecule has 0 fully saturated rings. The number of amides is 1. The van der Waals surface area contributed by atoms with Gasteiger partial charge in [0.05, 0.1) is 12.8 Å². The second-order valence-electron chi connectivity index (χ2n) is 7.28. The van der Waals surface area contributed by atoms with E-state index in [2.05, 4.69) is 10.3 Å². The van der Waals surface area contributed by atoms with E-state index in [0.717, 1.165) is 29.7 Å². The highest BCUT2D eigenvalue weighted by Gasteiger charge is 2.38. The van der Waals surface area contributed by atoms with Gasteiger partial charge in [0.25, 0.3) is 11.5 Å². The molecule has 174 valence electrons. The van der Waals surface area contributed by atoms with Crippen LogP contribution in [-0.4, -0.2) is 38.8 Å². The molecule has 1 unspecified atom stereocenters. The van der Waals surface area contributed by atoms with Gasteiger partial charge in [-0.1, -0.05) is 12.1 Å². The molecule has 3 aromatic heterocycles. The van der Waals surface area contributed by atoms with E-state index in [1.54, 1.807) is 30.6 Å². The maximum Gasteiger partial charge on any atom is 0.490 e. The quantitative estimate of drug-likeness (QED) is 0.615. The third-order valence-electron chi connectivity index (χ3n) is 4.97. The monoisotopic (exact) mass is 463 g/mol. The number of hydrogen-bond donors (Lipinski definition) is 2. The fraction of sp³-hybridized carbons (Fsp3) is 0.273. The van der Waals surface area contributed by atoms with Gasteiger partial charge in [0.2, 0.25) is 0 Å². The van der Waals surface area contributed by atoms with Gasteiger partial charge in [-0.05, 0) is 48.6 Å². The molecule has 0 spiro atoms. The molecule has 33 heavy (non-hydrogen) atoms. The number of alkyl halides is 3. The molecule has 1 aliphatic carbocycles. The molecular formula is C22H20F3N3O5. The summed E-state index contributed by atoms with van der Waals surface area (Å²) in [5.41, 5.74) is 3.14. The summed E-state index contributed by atoms with van der Waals surface area (Å²) in [7, 11) is 0. The molecule has 0 aliphatic heterocycles. The Morgan fingerprint density at radius 3 is 2.58 bits per heavy atom. The van der Waals surface area contributed by atoms with Crippen molar-refractivity contribution in [3.63, 3.8) is 0 Å². The van der Waals surface area contributed by atoms with Crippen LogP contribution < -0.4 is 10.9 Å². The van der Waals surface area contributed by atoms with Crippen LogP contribution in [0.5, 0.6) is 0 Å². The van der Waals surface area contributed by atoms with Crippen LogP contribution in [-0.2, 0) is 24.2 Å². The predicted octanol–water partition coefficient (Wildman–Crippen LogP) is 2.81. The van der Waals surface area contributed by atoms with Crippen molar-refractivity contribution in [3.05, 3.63) is 88.0 Å². The Labute approximate surface area is 185 Å². The largest absolute Gasteiger partial charge is 0.490 e. The average Bonchev–Trinajstić information content (AvgIpc) is 3.31. The Morgan fingerprint density at radius 2 is 1.97 bits per heavy atom. The third-order valence-corrected chi connectivity index (χ3v) is 4.97. The van der Waals surface area contributed by atoms with Crippen LogP contribution in [0.2, 0.25) is 0 Å². The average molecular weight is 463 g/mol. The Kier molecular flexibility index (Phi) is 7.31. The first kappa shape index (κ1) is 23.8. The molecule has 0 bridgehead atoms. The smallest absolute Gasteiger partial charge is 0.475 e. The Morgan fingerprint density at radius 1 is 1.21 bits per heavy atom. The summed E-state index contributed by atoms with van der Waals surface area (Å²) in [5, 5.41) is 10.1. The Hall–Kier alpha value is -3.89. The lowest BCUT2D eigenvalue weighted by Gasteiger charge is -2.27. The highest BCUT2D eigenvalue weighted by molar-refractivity contribution is 5.91. The summed E-state index contributed by atoms with van der Waals surface area (Å²) >= 11 is 0. The number of nitrogens with zero attached hydrogens (tertiary/aromatic N) is 2. The van der Waals surface area contributed by atoms with Gasteiger partial charge in [-0.3, -0.25) is 14.6 Å². The maximum absolute atomic E-state index is 12.4. The van der Waals surface area contributed by atoms with Gasteiger partial charge in [-0.15, -0.1) is 0 Å². The van der Waals surface area contributed by atoms with E-state index < -0.39 is 12.1 Å². The number of halogens is 3. The lowest BCUT2D eigenvalue weighted by atomic mass is 9.91. The van der Waals surface area contributed by atoms with Crippen LogP contribution in [0.1, 0.15) is 33.8 Å². The van der Waals surface area contributed by atoms with Crippen molar-refractivity contribution in [2.75, 3.05) is 0 Å². The van der Waals surface area contributed by atoms with E-state index >= 15 is 0 Å². The van der Waals surface area contributed by atoms with Gasteiger partial charge in [-0.2, -0.15) is 13.2 Å². The number of furan rings is 1. The topological polar surface area (TPSA) is 114 Å². The Balaban J connectivity index is 0.000000383. The van der Waals surface area contributed by atoms with Crippen molar-refractivity contribution < 1.29 is 32.3 Å². The van der Waals surface area contributed by atoms with E-state index in [9.17, 15) is 22.8 Å². The number of carbonyl (C=O) groups is 2. The lowest BCUT2D eigenvalue weighted by molar-refractivity contribution is -0.192. The summed E-state index contributed by atoms with van der Waals surface area (Å²) < 4.78 is 38.7. The standard InChI is InChI=1S/C20H19N3O3.C2HF3O2/c24-19-8-5-15-11-16(22-20(25)18-4-2-10-26-18)6-7-17(15)23(19)13-14-3-1-9-21-12-14;3-2(4,5)1(6)7/h1-5,8-10,12,16H,6-7,11,13H2,(H,22,25);(H,6,7). The van der Waals surface area contributed by atoms with Crippen LogP contribution in [0.4, 0.5) is 13.2 Å². The van der Waals surface area contributed by atoms with Gasteiger partial charge >= 0.3 is 12.1 Å². The van der Waals surface area contributed by atoms with E-state index in [1.165, 1.54) is 6.26 Å². The molecule has 1 amide bonds. The number of aliphatic carboxylic acids is 1. The van der Waals surface area contributed by atoms with Gasteiger partial charge < -0.3 is 19.4 Å². The first-order valence-corrected chi connectivity index (χ1v) is 9.90. The minimum Gasteiger partial charge on any atom is -0.475 e. The molecule has 0 saturated heterocycles. The van der Waals surface area contributed by atoms with Gasteiger partial charge in [0, 0.05) is 30.2 Å². The minimum atomic E-state index is -5.08. The molecule has 2 N–H and O–H groups in total. The zero-order valence-corrected chi connectivity index (χ0v) is 17.2. The first-order valence-electron chi connectivity index (χ1n) is 9.90. The number of carboxylic acids is 1. The molecule has 3 aromatic rings. The molecule has 0 saturated carbocycles. The fourth-order valence-corrected chi connectivity index (χ4v) is 3.46. The zero-order valence-electron chi connectivity index (χ0n) is 17.2. The van der Waals surface area contributed by atoms with Crippen LogP contribution in [0.25, 0.3) is 0 Å². The minimum absolute atomic E-state index is 0.00864. The van der Waals surface area contributed by atoms with Crippen LogP contribution >= 0.6 is 0 Å². The van der Waals surface area contributed by atoms with E-state index in [-0.39, 0.29) is 17.5 Å². The van der Waals surface area contributed by atoms with Crippen molar-refractivity contribution >= 4 is 11.9 Å². The predicted molar refractivity (Wildman–Crippen MR) is 110 cm³/mol. The molecule has 1 aliphatic rings. The summed E-state index contributed by atoms with van der Waals surface area (Å²) in [6.07, 6.45) is 2.14. The number of rotatable bonds is 4.